The molecule has 0 radical (unpaired) electrons. The number of rotatable bonds is 3. The Labute approximate surface area is 140 Å². The summed E-state index contributed by atoms with van der Waals surface area (Å²) >= 11 is 0. The fourth-order valence-corrected chi connectivity index (χ4v) is 3.69. The van der Waals surface area contributed by atoms with Gasteiger partial charge in [0, 0.05) is 48.8 Å². The number of nitrogens with one attached hydrogen (secondary N) is 2. The van der Waals surface area contributed by atoms with Crippen molar-refractivity contribution in [2.24, 2.45) is 10.9 Å². The van der Waals surface area contributed by atoms with Gasteiger partial charge < -0.3 is 15.2 Å². The molecule has 126 valence electrons. The highest BCUT2D eigenvalue weighted by Gasteiger charge is 2.46. The third-order valence-electron chi connectivity index (χ3n) is 5.69. The van der Waals surface area contributed by atoms with E-state index in [-0.39, 0.29) is 0 Å². The van der Waals surface area contributed by atoms with Crippen LogP contribution in [-0.2, 0) is 0 Å². The first kappa shape index (κ1) is 16.3. The molecule has 4 heteroatoms. The Hall–Kier alpha value is -1.55. The number of aryl methyl sites for hydroxylation is 1. The Balaban J connectivity index is 1.90. The van der Waals surface area contributed by atoms with E-state index < -0.39 is 0 Å². The average Bonchev–Trinajstić information content (AvgIpc) is 2.99. The maximum absolute atomic E-state index is 4.90. The zero-order valence-corrected chi connectivity index (χ0v) is 14.9. The minimum Gasteiger partial charge on any atom is -0.365 e. The van der Waals surface area contributed by atoms with E-state index >= 15 is 0 Å². The third-order valence-corrected chi connectivity index (χ3v) is 5.69. The maximum atomic E-state index is 4.90. The number of H-pyrrole nitrogens is 1. The summed E-state index contributed by atoms with van der Waals surface area (Å²) in [6, 6.07) is 2.15. The van der Waals surface area contributed by atoms with Crippen molar-refractivity contribution >= 4 is 5.84 Å². The highest BCUT2D eigenvalue weighted by molar-refractivity contribution is 6.00. The molecule has 2 aliphatic heterocycles. The van der Waals surface area contributed by atoms with E-state index in [0.717, 1.165) is 37.8 Å². The van der Waals surface area contributed by atoms with E-state index in [4.69, 9.17) is 4.99 Å². The molecule has 2 aliphatic rings. The van der Waals surface area contributed by atoms with E-state index in [2.05, 4.69) is 49.0 Å². The molecule has 0 aliphatic carbocycles. The average molecular weight is 314 g/mol. The zero-order valence-electron chi connectivity index (χ0n) is 14.9. The maximum Gasteiger partial charge on any atom is 0.137 e. The number of aromatic amines is 1. The number of allylic oxidation sites excluding steroid dienone is 1. The summed E-state index contributed by atoms with van der Waals surface area (Å²) in [6.45, 7) is 12.1. The van der Waals surface area contributed by atoms with E-state index in [1.165, 1.54) is 29.7 Å². The van der Waals surface area contributed by atoms with Gasteiger partial charge in [0.15, 0.2) is 0 Å². The van der Waals surface area contributed by atoms with Gasteiger partial charge in [-0.3, -0.25) is 0 Å². The van der Waals surface area contributed by atoms with Crippen LogP contribution in [0, 0.1) is 12.8 Å². The largest absolute Gasteiger partial charge is 0.365 e. The molecule has 23 heavy (non-hydrogen) atoms. The molecule has 2 unspecified atom stereocenters. The molecule has 0 bridgehead atoms. The summed E-state index contributed by atoms with van der Waals surface area (Å²) in [5, 5.41) is 3.71. The topological polar surface area (TPSA) is 43.4 Å². The van der Waals surface area contributed by atoms with E-state index in [1.54, 1.807) is 0 Å². The predicted molar refractivity (Wildman–Crippen MR) is 96.8 cm³/mol. The number of piperidine rings is 1. The van der Waals surface area contributed by atoms with Gasteiger partial charge in [-0.05, 0) is 45.1 Å². The highest BCUT2D eigenvalue weighted by Crippen LogP contribution is 2.35. The molecular formula is C19H30N4. The van der Waals surface area contributed by atoms with Crippen LogP contribution in [0.25, 0.3) is 0 Å². The molecular weight excluding hydrogens is 284 g/mol. The van der Waals surface area contributed by atoms with E-state index in [0.29, 0.717) is 5.54 Å². The first-order valence-electron chi connectivity index (χ1n) is 8.93. The molecule has 0 aromatic carbocycles. The number of amidine groups is 1. The van der Waals surface area contributed by atoms with E-state index in [1.807, 2.05) is 12.4 Å². The predicted octanol–water partition coefficient (Wildman–Crippen LogP) is 3.46. The second kappa shape index (κ2) is 6.52. The van der Waals surface area contributed by atoms with Crippen LogP contribution in [-0.4, -0.2) is 40.9 Å². The Morgan fingerprint density at radius 1 is 1.52 bits per heavy atom. The van der Waals surface area contributed by atoms with Crippen LogP contribution in [0.2, 0.25) is 0 Å². The lowest BCUT2D eigenvalue weighted by Crippen LogP contribution is -2.71. The Morgan fingerprint density at radius 2 is 2.35 bits per heavy atom. The lowest BCUT2D eigenvalue weighted by atomic mass is 9.72. The summed E-state index contributed by atoms with van der Waals surface area (Å²) < 4.78 is 0. The van der Waals surface area contributed by atoms with Crippen LogP contribution >= 0.6 is 0 Å². The number of nitrogens with zero attached hydrogens (tertiary/aromatic N) is 2. The number of aromatic nitrogens is 1. The van der Waals surface area contributed by atoms with Gasteiger partial charge in [-0.2, -0.15) is 0 Å². The SMILES string of the molecule is CC/C(C)=C/N=C(c1cc[nH]c1C)N1CCCC2(C1)NCC2C. The molecule has 3 rings (SSSR count). The molecule has 2 N–H and O–H groups in total. The molecule has 2 atom stereocenters. The summed E-state index contributed by atoms with van der Waals surface area (Å²) in [4.78, 5) is 10.7. The summed E-state index contributed by atoms with van der Waals surface area (Å²) in [5.41, 5.74) is 4.04. The molecule has 3 heterocycles. The summed E-state index contributed by atoms with van der Waals surface area (Å²) in [7, 11) is 0. The quantitative estimate of drug-likeness (QED) is 0.663. The summed E-state index contributed by atoms with van der Waals surface area (Å²) in [6.07, 6.45) is 7.62. The van der Waals surface area contributed by atoms with Gasteiger partial charge in [0.05, 0.1) is 0 Å². The third kappa shape index (κ3) is 3.09. The van der Waals surface area contributed by atoms with E-state index in [9.17, 15) is 0 Å². The van der Waals surface area contributed by atoms with Gasteiger partial charge >= 0.3 is 0 Å². The van der Waals surface area contributed by atoms with Crippen molar-refractivity contribution in [2.75, 3.05) is 19.6 Å². The molecule has 1 aromatic heterocycles. The number of hydrogen-bond acceptors (Lipinski definition) is 2. The minimum absolute atomic E-state index is 0.298. The molecule has 2 saturated heterocycles. The standard InChI is InChI=1S/C19H30N4/c1-5-14(2)11-21-18(17-7-9-20-16(17)4)23-10-6-8-19(13-23)15(3)12-22-19/h7,9,11,15,20,22H,5-6,8,10,12-13H2,1-4H3/b14-11+,21-18?. The van der Waals surface area contributed by atoms with Crippen molar-refractivity contribution in [2.45, 2.75) is 52.5 Å². The van der Waals surface area contributed by atoms with Crippen molar-refractivity contribution in [3.63, 3.8) is 0 Å². The van der Waals surface area contributed by atoms with Crippen LogP contribution in [0.3, 0.4) is 0 Å². The molecule has 0 saturated carbocycles. The molecule has 1 aromatic rings. The van der Waals surface area contributed by atoms with Crippen LogP contribution in [0.15, 0.2) is 29.0 Å². The molecule has 4 nitrogen and oxygen atoms in total. The van der Waals surface area contributed by atoms with Crippen molar-refractivity contribution in [1.82, 2.24) is 15.2 Å². The van der Waals surface area contributed by atoms with Gasteiger partial charge in [-0.15, -0.1) is 0 Å². The Kier molecular flexibility index (Phi) is 4.62. The van der Waals surface area contributed by atoms with Crippen LogP contribution in [0.4, 0.5) is 0 Å². The van der Waals surface area contributed by atoms with Crippen LogP contribution in [0.1, 0.15) is 51.3 Å². The Morgan fingerprint density at radius 3 is 2.91 bits per heavy atom. The van der Waals surface area contributed by atoms with Crippen molar-refractivity contribution in [1.29, 1.82) is 0 Å². The smallest absolute Gasteiger partial charge is 0.137 e. The van der Waals surface area contributed by atoms with Gasteiger partial charge in [-0.25, -0.2) is 4.99 Å². The summed E-state index contributed by atoms with van der Waals surface area (Å²) in [5.74, 6) is 1.88. The number of likely N-dealkylation sites (tertiary alicyclic amines) is 1. The monoisotopic (exact) mass is 314 g/mol. The molecule has 0 amide bonds. The normalized spacial score (nSPS) is 29.0. The molecule has 2 fully saturated rings. The van der Waals surface area contributed by atoms with Gasteiger partial charge in [0.1, 0.15) is 5.84 Å². The second-order valence-electron chi connectivity index (χ2n) is 7.26. The Bertz CT molecular complexity index is 613. The second-order valence-corrected chi connectivity index (χ2v) is 7.26. The first-order chi connectivity index (χ1) is 11.1. The molecule has 1 spiro atoms. The minimum atomic E-state index is 0.298. The van der Waals surface area contributed by atoms with Gasteiger partial charge in [-0.1, -0.05) is 19.4 Å². The fourth-order valence-electron chi connectivity index (χ4n) is 3.69. The fraction of sp³-hybridized carbons (Fsp3) is 0.632. The number of hydrogen-bond donors (Lipinski definition) is 2. The highest BCUT2D eigenvalue weighted by atomic mass is 15.3. The van der Waals surface area contributed by atoms with Crippen LogP contribution in [0.5, 0.6) is 0 Å². The van der Waals surface area contributed by atoms with Crippen molar-refractivity contribution in [3.8, 4) is 0 Å². The van der Waals surface area contributed by atoms with Gasteiger partial charge in [0.2, 0.25) is 0 Å². The lowest BCUT2D eigenvalue weighted by molar-refractivity contribution is 0.0483. The van der Waals surface area contributed by atoms with Crippen molar-refractivity contribution < 1.29 is 0 Å². The lowest BCUT2D eigenvalue weighted by Gasteiger charge is -2.55. The number of aliphatic imine (C=N–C) groups is 1. The van der Waals surface area contributed by atoms with Gasteiger partial charge in [0.25, 0.3) is 0 Å². The first-order valence-corrected chi connectivity index (χ1v) is 8.93. The zero-order chi connectivity index (χ0) is 16.4. The van der Waals surface area contributed by atoms with Crippen molar-refractivity contribution in [3.05, 3.63) is 35.3 Å². The van der Waals surface area contributed by atoms with Crippen LogP contribution < -0.4 is 5.32 Å².